The van der Waals surface area contributed by atoms with E-state index in [1.54, 1.807) is 6.92 Å². The number of rotatable bonds is 6. The number of carbonyl (C=O) groups excluding carboxylic acids is 2. The summed E-state index contributed by atoms with van der Waals surface area (Å²) in [5.74, 6) is -1.10. The molecule has 1 aromatic rings. The van der Waals surface area contributed by atoms with Crippen LogP contribution in [0.15, 0.2) is 29.2 Å². The Morgan fingerprint density at radius 2 is 1.71 bits per heavy atom. The number of esters is 1. The van der Waals surface area contributed by atoms with E-state index < -0.39 is 33.5 Å². The van der Waals surface area contributed by atoms with Crippen molar-refractivity contribution < 1.29 is 22.7 Å². The third-order valence-electron chi connectivity index (χ3n) is 2.89. The van der Waals surface area contributed by atoms with Gasteiger partial charge in [-0.25, -0.2) is 17.9 Å². The summed E-state index contributed by atoms with van der Waals surface area (Å²) in [6.07, 6.45) is -0.957. The first-order valence-electron chi connectivity index (χ1n) is 7.59. The first kappa shape index (κ1) is 20.1. The van der Waals surface area contributed by atoms with E-state index in [-0.39, 0.29) is 17.0 Å². The minimum absolute atomic E-state index is 0.0550. The lowest BCUT2D eigenvalue weighted by Gasteiger charge is -2.23. The Morgan fingerprint density at radius 1 is 1.17 bits per heavy atom. The predicted molar refractivity (Wildman–Crippen MR) is 90.1 cm³/mol. The number of hydrogen-bond donors (Lipinski definition) is 2. The van der Waals surface area contributed by atoms with Crippen molar-refractivity contribution in [2.75, 3.05) is 6.54 Å². The molecule has 0 saturated heterocycles. The molecule has 0 aromatic heterocycles. The molecule has 0 aliphatic rings. The first-order valence-corrected chi connectivity index (χ1v) is 9.07. The quantitative estimate of drug-likeness (QED) is 0.751. The Bertz CT molecular complexity index is 690. The molecule has 2 N–H and O–H groups in total. The van der Waals surface area contributed by atoms with Gasteiger partial charge in [0.05, 0.1) is 10.5 Å². The Kier molecular flexibility index (Phi) is 6.50. The highest BCUT2D eigenvalue weighted by Crippen LogP contribution is 2.12. The van der Waals surface area contributed by atoms with Crippen LogP contribution in [-0.2, 0) is 19.6 Å². The Morgan fingerprint density at radius 3 is 2.17 bits per heavy atom. The molecule has 0 aliphatic heterocycles. The van der Waals surface area contributed by atoms with Crippen LogP contribution in [0, 0.1) is 0 Å². The van der Waals surface area contributed by atoms with Gasteiger partial charge in [-0.15, -0.1) is 0 Å². The Balaban J connectivity index is 2.77. The standard InChI is InChI=1S/C16H24N2O5S/c1-6-17-24(21,22)13-9-7-12(8-10-13)15(20)23-11(2)14(19)18-16(3,4)5/h7-11,17H,6H2,1-5H3,(H,18,19)/t11-/m1/s1. The molecule has 134 valence electrons. The van der Waals surface area contributed by atoms with Crippen molar-refractivity contribution in [2.24, 2.45) is 0 Å². The maximum Gasteiger partial charge on any atom is 0.338 e. The average molecular weight is 356 g/mol. The lowest BCUT2D eigenvalue weighted by atomic mass is 10.1. The molecule has 7 nitrogen and oxygen atoms in total. The fourth-order valence-electron chi connectivity index (χ4n) is 1.80. The molecule has 1 amide bonds. The van der Waals surface area contributed by atoms with Gasteiger partial charge >= 0.3 is 5.97 Å². The monoisotopic (exact) mass is 356 g/mol. The van der Waals surface area contributed by atoms with E-state index in [4.69, 9.17) is 4.74 Å². The van der Waals surface area contributed by atoms with Crippen molar-refractivity contribution >= 4 is 21.9 Å². The fraction of sp³-hybridized carbons (Fsp3) is 0.500. The van der Waals surface area contributed by atoms with Crippen LogP contribution >= 0.6 is 0 Å². The van der Waals surface area contributed by atoms with Crippen molar-refractivity contribution in [3.63, 3.8) is 0 Å². The molecule has 0 fully saturated rings. The number of hydrogen-bond acceptors (Lipinski definition) is 5. The normalized spacial score (nSPS) is 13.2. The van der Waals surface area contributed by atoms with Gasteiger partial charge < -0.3 is 10.1 Å². The molecule has 0 aliphatic carbocycles. The molecule has 0 saturated carbocycles. The summed E-state index contributed by atoms with van der Waals surface area (Å²) >= 11 is 0. The predicted octanol–water partition coefficient (Wildman–Crippen LogP) is 1.44. The second kappa shape index (κ2) is 7.76. The second-order valence-corrected chi connectivity index (χ2v) is 8.08. The second-order valence-electron chi connectivity index (χ2n) is 6.31. The van der Waals surface area contributed by atoms with E-state index in [9.17, 15) is 18.0 Å². The topological polar surface area (TPSA) is 102 Å². The maximum absolute atomic E-state index is 12.0. The van der Waals surface area contributed by atoms with Crippen LogP contribution in [0.25, 0.3) is 0 Å². The van der Waals surface area contributed by atoms with Gasteiger partial charge in [0.15, 0.2) is 6.10 Å². The Hall–Kier alpha value is -1.93. The summed E-state index contributed by atoms with van der Waals surface area (Å²) in [4.78, 5) is 24.0. The van der Waals surface area contributed by atoms with E-state index in [1.165, 1.54) is 31.2 Å². The van der Waals surface area contributed by atoms with Gasteiger partial charge in [0.1, 0.15) is 0 Å². The smallest absolute Gasteiger partial charge is 0.338 e. The van der Waals surface area contributed by atoms with Crippen LogP contribution in [0.3, 0.4) is 0 Å². The fourth-order valence-corrected chi connectivity index (χ4v) is 2.84. The van der Waals surface area contributed by atoms with Gasteiger partial charge in [-0.3, -0.25) is 4.79 Å². The van der Waals surface area contributed by atoms with Crippen molar-refractivity contribution in [3.8, 4) is 0 Å². The van der Waals surface area contributed by atoms with Gasteiger partial charge in [0.25, 0.3) is 5.91 Å². The number of carbonyl (C=O) groups is 2. The third kappa shape index (κ3) is 5.93. The molecule has 0 heterocycles. The van der Waals surface area contributed by atoms with Gasteiger partial charge in [0, 0.05) is 12.1 Å². The molecule has 8 heteroatoms. The number of ether oxygens (including phenoxy) is 1. The van der Waals surface area contributed by atoms with E-state index in [0.29, 0.717) is 0 Å². The summed E-state index contributed by atoms with van der Waals surface area (Å²) < 4.78 is 31.1. The summed E-state index contributed by atoms with van der Waals surface area (Å²) in [5, 5.41) is 2.72. The highest BCUT2D eigenvalue weighted by atomic mass is 32.2. The van der Waals surface area contributed by atoms with Crippen LogP contribution < -0.4 is 10.0 Å². The van der Waals surface area contributed by atoms with E-state index in [0.717, 1.165) is 0 Å². The van der Waals surface area contributed by atoms with Crippen molar-refractivity contribution in [1.29, 1.82) is 0 Å². The summed E-state index contributed by atoms with van der Waals surface area (Å²) in [6, 6.07) is 5.32. The minimum atomic E-state index is -3.58. The molecule has 1 atom stereocenters. The van der Waals surface area contributed by atoms with Crippen molar-refractivity contribution in [1.82, 2.24) is 10.0 Å². The average Bonchev–Trinajstić information content (AvgIpc) is 2.45. The van der Waals surface area contributed by atoms with E-state index >= 15 is 0 Å². The number of benzene rings is 1. The van der Waals surface area contributed by atoms with Crippen molar-refractivity contribution in [2.45, 2.75) is 51.2 Å². The number of sulfonamides is 1. The third-order valence-corrected chi connectivity index (χ3v) is 4.45. The van der Waals surface area contributed by atoms with Crippen LogP contribution in [0.1, 0.15) is 45.0 Å². The first-order chi connectivity index (χ1) is 11.0. The van der Waals surface area contributed by atoms with Crippen LogP contribution in [-0.4, -0.2) is 38.5 Å². The summed E-state index contributed by atoms with van der Waals surface area (Å²) in [5.41, 5.74) is -0.263. The van der Waals surface area contributed by atoms with Gasteiger partial charge in [-0.1, -0.05) is 6.92 Å². The Labute approximate surface area is 142 Å². The van der Waals surface area contributed by atoms with Gasteiger partial charge in [-0.2, -0.15) is 0 Å². The minimum Gasteiger partial charge on any atom is -0.449 e. The zero-order chi connectivity index (χ0) is 18.5. The highest BCUT2D eigenvalue weighted by molar-refractivity contribution is 7.89. The van der Waals surface area contributed by atoms with Gasteiger partial charge in [-0.05, 0) is 52.0 Å². The zero-order valence-corrected chi connectivity index (χ0v) is 15.4. The molecular weight excluding hydrogens is 332 g/mol. The molecule has 1 rings (SSSR count). The summed E-state index contributed by atoms with van der Waals surface area (Å²) in [6.45, 7) is 8.89. The SMILES string of the molecule is CCNS(=O)(=O)c1ccc(C(=O)O[C@H](C)C(=O)NC(C)(C)C)cc1. The summed E-state index contributed by atoms with van der Waals surface area (Å²) in [7, 11) is -3.58. The van der Waals surface area contributed by atoms with Gasteiger partial charge in [0.2, 0.25) is 10.0 Å². The molecule has 24 heavy (non-hydrogen) atoms. The van der Waals surface area contributed by atoms with Crippen LogP contribution in [0.2, 0.25) is 0 Å². The molecule has 0 spiro atoms. The molecule has 1 aromatic carbocycles. The maximum atomic E-state index is 12.0. The van der Waals surface area contributed by atoms with Crippen LogP contribution in [0.5, 0.6) is 0 Å². The highest BCUT2D eigenvalue weighted by Gasteiger charge is 2.23. The number of nitrogens with one attached hydrogen (secondary N) is 2. The lowest BCUT2D eigenvalue weighted by molar-refractivity contribution is -0.130. The molecular formula is C16H24N2O5S. The molecule has 0 unspecified atom stereocenters. The van der Waals surface area contributed by atoms with Crippen LogP contribution in [0.4, 0.5) is 0 Å². The lowest BCUT2D eigenvalue weighted by Crippen LogP contribution is -2.46. The number of amides is 1. The van der Waals surface area contributed by atoms with E-state index in [2.05, 4.69) is 10.0 Å². The zero-order valence-electron chi connectivity index (χ0n) is 14.5. The molecule has 0 bridgehead atoms. The molecule has 0 radical (unpaired) electrons. The largest absolute Gasteiger partial charge is 0.449 e. The van der Waals surface area contributed by atoms with Crippen molar-refractivity contribution in [3.05, 3.63) is 29.8 Å². The van der Waals surface area contributed by atoms with E-state index in [1.807, 2.05) is 20.8 Å².